The molecule has 1 heterocycles. The zero-order chi connectivity index (χ0) is 16.9. The van der Waals surface area contributed by atoms with Gasteiger partial charge in [0.15, 0.2) is 0 Å². The monoisotopic (exact) mass is 326 g/mol. The molecule has 2 aromatic rings. The van der Waals surface area contributed by atoms with Gasteiger partial charge < -0.3 is 11.1 Å². The lowest BCUT2D eigenvalue weighted by Gasteiger charge is -2.26. The molecular weight excluding hydrogens is 300 g/mol. The van der Waals surface area contributed by atoms with Crippen LogP contribution in [-0.2, 0) is 11.3 Å². The number of nitrogens with zero attached hydrogens (tertiary/aromatic N) is 2. The van der Waals surface area contributed by atoms with Gasteiger partial charge in [-0.1, -0.05) is 18.2 Å². The van der Waals surface area contributed by atoms with Crippen LogP contribution in [0.1, 0.15) is 37.2 Å². The van der Waals surface area contributed by atoms with E-state index in [-0.39, 0.29) is 11.8 Å². The van der Waals surface area contributed by atoms with Crippen LogP contribution >= 0.6 is 0 Å². The molecule has 1 aliphatic carbocycles. The van der Waals surface area contributed by atoms with Crippen LogP contribution in [0.2, 0.25) is 0 Å². The molecule has 0 atom stereocenters. The summed E-state index contributed by atoms with van der Waals surface area (Å²) < 4.78 is 2.19. The Morgan fingerprint density at radius 3 is 2.62 bits per heavy atom. The third kappa shape index (κ3) is 3.85. The van der Waals surface area contributed by atoms with Gasteiger partial charge in [-0.3, -0.25) is 9.36 Å². The van der Waals surface area contributed by atoms with Crippen molar-refractivity contribution >= 4 is 5.91 Å². The third-order valence-electron chi connectivity index (χ3n) is 5.01. The molecule has 0 bridgehead atoms. The molecule has 1 aliphatic rings. The van der Waals surface area contributed by atoms with Gasteiger partial charge in [0.2, 0.25) is 5.91 Å². The lowest BCUT2D eigenvalue weighted by molar-refractivity contribution is -0.122. The van der Waals surface area contributed by atoms with Crippen LogP contribution in [0.25, 0.3) is 5.69 Å². The van der Waals surface area contributed by atoms with Crippen LogP contribution < -0.4 is 11.1 Å². The number of carbonyl (C=O) groups excluding carboxylic acids is 1. The largest absolute Gasteiger partial charge is 0.369 e. The molecule has 0 saturated heterocycles. The summed E-state index contributed by atoms with van der Waals surface area (Å²) >= 11 is 0. The molecule has 5 heteroatoms. The number of aromatic nitrogens is 2. The molecule has 0 radical (unpaired) electrons. The van der Waals surface area contributed by atoms with Gasteiger partial charge in [-0.25, -0.2) is 4.98 Å². The van der Waals surface area contributed by atoms with E-state index in [4.69, 9.17) is 5.73 Å². The summed E-state index contributed by atoms with van der Waals surface area (Å²) in [7, 11) is 0. The number of hydrogen-bond donors (Lipinski definition) is 2. The lowest BCUT2D eigenvalue weighted by Crippen LogP contribution is -2.31. The summed E-state index contributed by atoms with van der Waals surface area (Å²) in [4.78, 5) is 15.7. The number of nitrogens with one attached hydrogen (secondary N) is 1. The average Bonchev–Trinajstić information content (AvgIpc) is 2.97. The number of nitrogens with two attached hydrogens (primary N) is 1. The van der Waals surface area contributed by atoms with Gasteiger partial charge in [-0.15, -0.1) is 0 Å². The Kier molecular flexibility index (Phi) is 5.30. The quantitative estimate of drug-likeness (QED) is 0.857. The first-order chi connectivity index (χ1) is 11.6. The van der Waals surface area contributed by atoms with Gasteiger partial charge in [-0.2, -0.15) is 0 Å². The van der Waals surface area contributed by atoms with E-state index in [1.165, 1.54) is 5.69 Å². The van der Waals surface area contributed by atoms with Gasteiger partial charge in [0, 0.05) is 18.2 Å². The molecule has 3 rings (SSSR count). The first-order valence-corrected chi connectivity index (χ1v) is 8.74. The number of carbonyl (C=O) groups is 1. The first kappa shape index (κ1) is 16.7. The summed E-state index contributed by atoms with van der Waals surface area (Å²) in [5.74, 6) is 1.59. The number of rotatable bonds is 6. The maximum Gasteiger partial charge on any atom is 0.220 e. The minimum Gasteiger partial charge on any atom is -0.369 e. The van der Waals surface area contributed by atoms with Crippen molar-refractivity contribution in [2.24, 2.45) is 17.6 Å². The van der Waals surface area contributed by atoms with Gasteiger partial charge >= 0.3 is 0 Å². The highest BCUT2D eigenvalue weighted by Crippen LogP contribution is 2.28. The number of para-hydroxylation sites is 1. The predicted molar refractivity (Wildman–Crippen MR) is 94.7 cm³/mol. The molecule has 5 nitrogen and oxygen atoms in total. The average molecular weight is 326 g/mol. The first-order valence-electron chi connectivity index (χ1n) is 8.74. The van der Waals surface area contributed by atoms with E-state index in [0.717, 1.165) is 50.3 Å². The molecule has 0 spiro atoms. The number of imidazole rings is 1. The molecule has 3 N–H and O–H groups in total. The minimum atomic E-state index is -0.136. The van der Waals surface area contributed by atoms with Gasteiger partial charge in [0.25, 0.3) is 0 Å². The Labute approximate surface area is 143 Å². The van der Waals surface area contributed by atoms with Crippen LogP contribution in [0.3, 0.4) is 0 Å². The van der Waals surface area contributed by atoms with Gasteiger partial charge in [0.1, 0.15) is 5.82 Å². The molecule has 1 fully saturated rings. The van der Waals surface area contributed by atoms with E-state index in [2.05, 4.69) is 27.0 Å². The highest BCUT2D eigenvalue weighted by Gasteiger charge is 2.24. The summed E-state index contributed by atoms with van der Waals surface area (Å²) in [6.07, 6.45) is 5.97. The molecule has 128 valence electrons. The molecular formula is C19H26N4O. The second kappa shape index (κ2) is 7.62. The van der Waals surface area contributed by atoms with Crippen molar-refractivity contribution in [1.82, 2.24) is 14.9 Å². The third-order valence-corrected chi connectivity index (χ3v) is 5.01. The number of primary amides is 1. The van der Waals surface area contributed by atoms with E-state index in [0.29, 0.717) is 5.92 Å². The fourth-order valence-corrected chi connectivity index (χ4v) is 3.60. The Morgan fingerprint density at radius 2 is 1.96 bits per heavy atom. The Balaban J connectivity index is 1.54. The summed E-state index contributed by atoms with van der Waals surface area (Å²) in [6, 6.07) is 10.3. The zero-order valence-corrected chi connectivity index (χ0v) is 14.2. The Hall–Kier alpha value is -2.14. The zero-order valence-electron chi connectivity index (χ0n) is 14.2. The van der Waals surface area contributed by atoms with E-state index >= 15 is 0 Å². The van der Waals surface area contributed by atoms with Crippen LogP contribution in [-0.4, -0.2) is 22.0 Å². The van der Waals surface area contributed by atoms with Crippen LogP contribution in [0.15, 0.2) is 36.5 Å². The smallest absolute Gasteiger partial charge is 0.220 e. The molecule has 0 unspecified atom stereocenters. The highest BCUT2D eigenvalue weighted by atomic mass is 16.1. The van der Waals surface area contributed by atoms with E-state index in [1.54, 1.807) is 0 Å². The maximum absolute atomic E-state index is 11.2. The predicted octanol–water partition coefficient (Wildman–Crippen LogP) is 2.56. The van der Waals surface area contributed by atoms with Crippen LogP contribution in [0.4, 0.5) is 0 Å². The second-order valence-corrected chi connectivity index (χ2v) is 6.72. The van der Waals surface area contributed by atoms with Crippen molar-refractivity contribution in [1.29, 1.82) is 0 Å². The number of amides is 1. The Bertz CT molecular complexity index is 672. The highest BCUT2D eigenvalue weighted by molar-refractivity contribution is 5.76. The number of aryl methyl sites for hydroxylation is 1. The van der Waals surface area contributed by atoms with Crippen molar-refractivity contribution in [3.8, 4) is 5.69 Å². The molecule has 1 amide bonds. The summed E-state index contributed by atoms with van der Waals surface area (Å²) in [5, 5.41) is 3.56. The van der Waals surface area contributed by atoms with E-state index in [1.807, 2.05) is 31.3 Å². The Morgan fingerprint density at radius 1 is 1.25 bits per heavy atom. The number of benzene rings is 1. The van der Waals surface area contributed by atoms with Crippen molar-refractivity contribution in [2.45, 2.75) is 39.2 Å². The van der Waals surface area contributed by atoms with E-state index < -0.39 is 0 Å². The lowest BCUT2D eigenvalue weighted by atomic mass is 9.81. The molecule has 0 aliphatic heterocycles. The van der Waals surface area contributed by atoms with Gasteiger partial charge in [0.05, 0.1) is 11.9 Å². The molecule has 1 saturated carbocycles. The molecule has 1 aromatic carbocycles. The fourth-order valence-electron chi connectivity index (χ4n) is 3.60. The van der Waals surface area contributed by atoms with Gasteiger partial charge in [-0.05, 0) is 57.2 Å². The number of hydrogen-bond acceptors (Lipinski definition) is 3. The summed E-state index contributed by atoms with van der Waals surface area (Å²) in [6.45, 7) is 3.80. The van der Waals surface area contributed by atoms with Crippen molar-refractivity contribution in [2.75, 3.05) is 6.54 Å². The van der Waals surface area contributed by atoms with Crippen molar-refractivity contribution in [3.05, 3.63) is 48.0 Å². The molecule has 1 aromatic heterocycles. The van der Waals surface area contributed by atoms with E-state index in [9.17, 15) is 4.79 Å². The molecule has 24 heavy (non-hydrogen) atoms. The second-order valence-electron chi connectivity index (χ2n) is 6.72. The SMILES string of the molecule is Cc1ncc(CNCC2CCC(C(N)=O)CC2)n1-c1ccccc1. The fraction of sp³-hybridized carbons (Fsp3) is 0.474. The minimum absolute atomic E-state index is 0.0865. The summed E-state index contributed by atoms with van der Waals surface area (Å²) in [5.41, 5.74) is 7.71. The maximum atomic E-state index is 11.2. The topological polar surface area (TPSA) is 72.9 Å². The normalized spacial score (nSPS) is 20.9. The van der Waals surface area contributed by atoms with Crippen molar-refractivity contribution < 1.29 is 4.79 Å². The van der Waals surface area contributed by atoms with Crippen LogP contribution in [0, 0.1) is 18.8 Å². The van der Waals surface area contributed by atoms with Crippen LogP contribution in [0.5, 0.6) is 0 Å². The van der Waals surface area contributed by atoms with Crippen molar-refractivity contribution in [3.63, 3.8) is 0 Å². The standard InChI is InChI=1S/C19H26N4O/c1-14-22-13-18(23(14)17-5-3-2-4-6-17)12-21-11-15-7-9-16(10-8-15)19(20)24/h2-6,13,15-16,21H,7-12H2,1H3,(H2,20,24).